The Morgan fingerprint density at radius 3 is 2.89 bits per heavy atom. The van der Waals surface area contributed by atoms with Crippen molar-refractivity contribution in [1.82, 2.24) is 5.32 Å². The summed E-state index contributed by atoms with van der Waals surface area (Å²) < 4.78 is 4.93. The molecule has 18 heavy (non-hydrogen) atoms. The molecular formula is C13H17NO4. The van der Waals surface area contributed by atoms with Crippen molar-refractivity contribution < 1.29 is 19.1 Å². The number of rotatable bonds is 4. The lowest BCUT2D eigenvalue weighted by Crippen LogP contribution is -2.31. The Bertz CT molecular complexity index is 390. The molecule has 1 N–H and O–H groups in total. The third-order valence-electron chi connectivity index (χ3n) is 3.82. The number of hydrogen-bond acceptors (Lipinski definition) is 4. The van der Waals surface area contributed by atoms with E-state index in [0.29, 0.717) is 6.42 Å². The minimum atomic E-state index is -0.450. The number of carbonyl (C=O) groups is 3. The van der Waals surface area contributed by atoms with E-state index in [1.165, 1.54) is 0 Å². The van der Waals surface area contributed by atoms with Crippen molar-refractivity contribution in [3.8, 4) is 0 Å². The van der Waals surface area contributed by atoms with Crippen LogP contribution in [0.15, 0.2) is 12.7 Å². The van der Waals surface area contributed by atoms with Crippen LogP contribution in [-0.2, 0) is 19.1 Å². The van der Waals surface area contributed by atoms with Crippen LogP contribution in [0.5, 0.6) is 0 Å². The summed E-state index contributed by atoms with van der Waals surface area (Å²) in [6, 6.07) is 0. The van der Waals surface area contributed by atoms with Gasteiger partial charge in [-0.25, -0.2) is 4.79 Å². The molecule has 0 aromatic heterocycles. The molecular weight excluding hydrogens is 234 g/mol. The van der Waals surface area contributed by atoms with E-state index < -0.39 is 5.97 Å². The molecule has 3 atom stereocenters. The molecule has 0 aromatic carbocycles. The van der Waals surface area contributed by atoms with Crippen LogP contribution in [-0.4, -0.2) is 24.4 Å². The Balaban J connectivity index is 1.92. The normalized spacial score (nSPS) is 30.6. The van der Waals surface area contributed by atoms with Crippen LogP contribution in [0, 0.1) is 17.8 Å². The van der Waals surface area contributed by atoms with Crippen LogP contribution in [0.3, 0.4) is 0 Å². The van der Waals surface area contributed by atoms with Crippen molar-refractivity contribution in [3.05, 3.63) is 12.7 Å². The highest BCUT2D eigenvalue weighted by molar-refractivity contribution is 6.05. The number of esters is 1. The maximum absolute atomic E-state index is 11.7. The fourth-order valence-corrected chi connectivity index (χ4v) is 2.97. The van der Waals surface area contributed by atoms with Crippen LogP contribution in [0.25, 0.3) is 0 Å². The third kappa shape index (κ3) is 2.44. The number of hydrogen-bond donors (Lipinski definition) is 1. The van der Waals surface area contributed by atoms with Crippen LogP contribution in [0.2, 0.25) is 0 Å². The van der Waals surface area contributed by atoms with Crippen LogP contribution in [0.1, 0.15) is 25.7 Å². The highest BCUT2D eigenvalue weighted by Gasteiger charge is 2.47. The van der Waals surface area contributed by atoms with Gasteiger partial charge in [0.1, 0.15) is 0 Å². The van der Waals surface area contributed by atoms with Gasteiger partial charge in [-0.05, 0) is 25.2 Å². The first-order valence-electron chi connectivity index (χ1n) is 6.27. The summed E-state index contributed by atoms with van der Waals surface area (Å²) in [6.45, 7) is 3.60. The molecule has 0 bridgehead atoms. The molecule has 98 valence electrons. The Hall–Kier alpha value is -1.65. The number of fused-ring (bicyclic) bond motifs is 1. The van der Waals surface area contributed by atoms with E-state index in [0.717, 1.165) is 25.3 Å². The zero-order valence-electron chi connectivity index (χ0n) is 10.2. The van der Waals surface area contributed by atoms with Gasteiger partial charge in [0.25, 0.3) is 0 Å². The second kappa shape index (κ2) is 5.33. The molecule has 2 fully saturated rings. The third-order valence-corrected chi connectivity index (χ3v) is 3.82. The number of imide groups is 1. The van der Waals surface area contributed by atoms with Gasteiger partial charge in [-0.1, -0.05) is 13.0 Å². The lowest BCUT2D eigenvalue weighted by molar-refractivity contribution is -0.138. The Labute approximate surface area is 106 Å². The average molecular weight is 251 g/mol. The summed E-state index contributed by atoms with van der Waals surface area (Å²) in [5, 5.41) is 2.40. The summed E-state index contributed by atoms with van der Waals surface area (Å²) in [4.78, 5) is 34.2. The van der Waals surface area contributed by atoms with Gasteiger partial charge in [-0.2, -0.15) is 0 Å². The monoisotopic (exact) mass is 251 g/mol. The molecule has 2 aliphatic rings. The van der Waals surface area contributed by atoms with Gasteiger partial charge in [0.15, 0.2) is 0 Å². The van der Waals surface area contributed by atoms with Gasteiger partial charge < -0.3 is 4.74 Å². The zero-order valence-corrected chi connectivity index (χ0v) is 10.2. The lowest BCUT2D eigenvalue weighted by Gasteiger charge is -2.30. The predicted octanol–water partition coefficient (Wildman–Crippen LogP) is 0.795. The molecule has 3 unspecified atom stereocenters. The maximum atomic E-state index is 11.7. The van der Waals surface area contributed by atoms with Gasteiger partial charge in [-0.3, -0.25) is 14.9 Å². The number of nitrogens with one attached hydrogen (secondary N) is 1. The first-order valence-corrected chi connectivity index (χ1v) is 6.27. The molecule has 2 amide bonds. The molecule has 1 saturated carbocycles. The molecule has 5 nitrogen and oxygen atoms in total. The van der Waals surface area contributed by atoms with Gasteiger partial charge >= 0.3 is 5.97 Å². The molecule has 1 heterocycles. The first-order chi connectivity index (χ1) is 8.63. The van der Waals surface area contributed by atoms with Gasteiger partial charge in [-0.15, -0.1) is 0 Å². The molecule has 5 heteroatoms. The first kappa shape index (κ1) is 12.8. The number of amides is 2. The van der Waals surface area contributed by atoms with Crippen molar-refractivity contribution in [2.75, 3.05) is 6.61 Å². The molecule has 0 radical (unpaired) electrons. The zero-order chi connectivity index (χ0) is 13.1. The average Bonchev–Trinajstić information content (AvgIpc) is 2.66. The number of carbonyl (C=O) groups excluding carboxylic acids is 3. The van der Waals surface area contributed by atoms with Crippen molar-refractivity contribution in [1.29, 1.82) is 0 Å². The molecule has 0 spiro atoms. The Morgan fingerprint density at radius 1 is 1.39 bits per heavy atom. The van der Waals surface area contributed by atoms with E-state index in [1.54, 1.807) is 0 Å². The SMILES string of the molecule is C=CC(=O)OCCC1CCCC2C(=O)NC(=O)C12. The fraction of sp³-hybridized carbons (Fsp3) is 0.615. The van der Waals surface area contributed by atoms with Crippen LogP contribution in [0.4, 0.5) is 0 Å². The molecule has 2 rings (SSSR count). The summed E-state index contributed by atoms with van der Waals surface area (Å²) in [5.41, 5.74) is 0. The largest absolute Gasteiger partial charge is 0.463 e. The second-order valence-corrected chi connectivity index (χ2v) is 4.84. The summed E-state index contributed by atoms with van der Waals surface area (Å²) in [7, 11) is 0. The number of ether oxygens (including phenoxy) is 1. The van der Waals surface area contributed by atoms with E-state index in [2.05, 4.69) is 11.9 Å². The summed E-state index contributed by atoms with van der Waals surface area (Å²) in [5.74, 6) is -1.02. The quantitative estimate of drug-likeness (QED) is 0.455. The van der Waals surface area contributed by atoms with E-state index in [1.807, 2.05) is 0 Å². The van der Waals surface area contributed by atoms with Crippen molar-refractivity contribution >= 4 is 17.8 Å². The topological polar surface area (TPSA) is 72.5 Å². The summed E-state index contributed by atoms with van der Waals surface area (Å²) >= 11 is 0. The van der Waals surface area contributed by atoms with Crippen LogP contribution < -0.4 is 5.32 Å². The minimum absolute atomic E-state index is 0.132. The smallest absolute Gasteiger partial charge is 0.330 e. The maximum Gasteiger partial charge on any atom is 0.330 e. The van der Waals surface area contributed by atoms with Gasteiger partial charge in [0, 0.05) is 6.08 Å². The Kier molecular flexibility index (Phi) is 3.79. The molecule has 0 aromatic rings. The summed E-state index contributed by atoms with van der Waals surface area (Å²) in [6.07, 6.45) is 4.39. The fourth-order valence-electron chi connectivity index (χ4n) is 2.97. The standard InChI is InChI=1S/C13H17NO4/c1-2-10(15)18-7-6-8-4-3-5-9-11(8)13(17)14-12(9)16/h2,8-9,11H,1,3-7H2,(H,14,16,17). The van der Waals surface area contributed by atoms with E-state index >= 15 is 0 Å². The Morgan fingerprint density at radius 2 is 2.17 bits per heavy atom. The van der Waals surface area contributed by atoms with Crippen molar-refractivity contribution in [2.45, 2.75) is 25.7 Å². The highest BCUT2D eigenvalue weighted by Crippen LogP contribution is 2.39. The highest BCUT2D eigenvalue weighted by atomic mass is 16.5. The second-order valence-electron chi connectivity index (χ2n) is 4.84. The van der Waals surface area contributed by atoms with Crippen LogP contribution >= 0.6 is 0 Å². The molecule has 1 saturated heterocycles. The molecule has 1 aliphatic carbocycles. The van der Waals surface area contributed by atoms with E-state index in [4.69, 9.17) is 4.74 Å². The van der Waals surface area contributed by atoms with Gasteiger partial charge in [0.05, 0.1) is 18.4 Å². The van der Waals surface area contributed by atoms with E-state index in [-0.39, 0.29) is 36.2 Å². The van der Waals surface area contributed by atoms with Crippen molar-refractivity contribution in [2.24, 2.45) is 17.8 Å². The van der Waals surface area contributed by atoms with Gasteiger partial charge in [0.2, 0.25) is 11.8 Å². The molecule has 1 aliphatic heterocycles. The van der Waals surface area contributed by atoms with E-state index in [9.17, 15) is 14.4 Å². The lowest BCUT2D eigenvalue weighted by atomic mass is 9.72. The predicted molar refractivity (Wildman–Crippen MR) is 63.2 cm³/mol. The minimum Gasteiger partial charge on any atom is -0.463 e. The van der Waals surface area contributed by atoms with Crippen molar-refractivity contribution in [3.63, 3.8) is 0 Å².